The quantitative estimate of drug-likeness (QED) is 0.718. The molecule has 0 radical (unpaired) electrons. The van der Waals surface area contributed by atoms with Gasteiger partial charge >= 0.3 is 0 Å². The molecule has 8 nitrogen and oxygen atoms in total. The van der Waals surface area contributed by atoms with Gasteiger partial charge < -0.3 is 21.1 Å². The van der Waals surface area contributed by atoms with Crippen molar-refractivity contribution in [1.82, 2.24) is 14.7 Å². The van der Waals surface area contributed by atoms with Gasteiger partial charge in [-0.3, -0.25) is 9.59 Å². The SMILES string of the molecule is CC#CC(=O)N1CC2(CC(n3nc(-c4ccc(OC(C)C)cc4)c(C(N)=O)c3N)C2)C1. The molecule has 1 saturated carbocycles. The number of rotatable bonds is 5. The van der Waals surface area contributed by atoms with Crippen molar-refractivity contribution in [2.45, 2.75) is 45.8 Å². The van der Waals surface area contributed by atoms with Crippen LogP contribution in [0.4, 0.5) is 5.82 Å². The molecule has 162 valence electrons. The van der Waals surface area contributed by atoms with Gasteiger partial charge in [-0.2, -0.15) is 5.10 Å². The number of nitrogens with two attached hydrogens (primary N) is 2. The maximum absolute atomic E-state index is 12.2. The Morgan fingerprint density at radius 1 is 1.23 bits per heavy atom. The van der Waals surface area contributed by atoms with E-state index in [9.17, 15) is 9.59 Å². The summed E-state index contributed by atoms with van der Waals surface area (Å²) in [5, 5.41) is 4.67. The van der Waals surface area contributed by atoms with Crippen molar-refractivity contribution in [3.05, 3.63) is 29.8 Å². The van der Waals surface area contributed by atoms with Crippen LogP contribution in [0.1, 0.15) is 50.0 Å². The Bertz CT molecular complexity index is 1080. The van der Waals surface area contributed by atoms with Crippen LogP contribution in [0.5, 0.6) is 5.75 Å². The molecule has 1 aliphatic heterocycles. The molecule has 1 aromatic carbocycles. The zero-order chi connectivity index (χ0) is 22.3. The Kier molecular flexibility index (Phi) is 5.13. The van der Waals surface area contributed by atoms with Gasteiger partial charge in [0.2, 0.25) is 0 Å². The second-order valence-electron chi connectivity index (χ2n) is 8.71. The number of benzene rings is 1. The second-order valence-corrected chi connectivity index (χ2v) is 8.71. The monoisotopic (exact) mass is 421 g/mol. The molecule has 1 aliphatic carbocycles. The van der Waals surface area contributed by atoms with E-state index in [0.717, 1.165) is 24.2 Å². The summed E-state index contributed by atoms with van der Waals surface area (Å²) in [6.07, 6.45) is 1.77. The van der Waals surface area contributed by atoms with Gasteiger partial charge in [-0.05, 0) is 63.8 Å². The smallest absolute Gasteiger partial charge is 0.298 e. The molecular formula is C23H27N5O3. The summed E-state index contributed by atoms with van der Waals surface area (Å²) in [6.45, 7) is 6.98. The zero-order valence-electron chi connectivity index (χ0n) is 18.0. The number of anilines is 1. The first-order valence-corrected chi connectivity index (χ1v) is 10.4. The highest BCUT2D eigenvalue weighted by molar-refractivity contribution is 6.03. The van der Waals surface area contributed by atoms with Gasteiger partial charge in [0.25, 0.3) is 11.8 Å². The highest BCUT2D eigenvalue weighted by Gasteiger charge is 2.54. The first-order chi connectivity index (χ1) is 14.7. The number of carbonyl (C=O) groups excluding carboxylic acids is 2. The van der Waals surface area contributed by atoms with Crippen LogP contribution in [-0.4, -0.2) is 45.7 Å². The van der Waals surface area contributed by atoms with E-state index in [0.29, 0.717) is 18.8 Å². The minimum atomic E-state index is -0.603. The predicted molar refractivity (Wildman–Crippen MR) is 117 cm³/mol. The maximum atomic E-state index is 12.2. The predicted octanol–water partition coefficient (Wildman–Crippen LogP) is 2.21. The van der Waals surface area contributed by atoms with Crippen molar-refractivity contribution in [3.8, 4) is 28.8 Å². The summed E-state index contributed by atoms with van der Waals surface area (Å²) >= 11 is 0. The second kappa shape index (κ2) is 7.65. The van der Waals surface area contributed by atoms with Crippen LogP contribution in [0.2, 0.25) is 0 Å². The average Bonchev–Trinajstić information content (AvgIpc) is 2.97. The molecule has 1 spiro atoms. The minimum absolute atomic E-state index is 0.0690. The highest BCUT2D eigenvalue weighted by atomic mass is 16.5. The molecule has 0 atom stereocenters. The van der Waals surface area contributed by atoms with E-state index in [1.165, 1.54) is 0 Å². The molecule has 2 amide bonds. The maximum Gasteiger partial charge on any atom is 0.298 e. The fourth-order valence-electron chi connectivity index (χ4n) is 4.60. The lowest BCUT2D eigenvalue weighted by Crippen LogP contribution is -2.63. The molecule has 0 bridgehead atoms. The van der Waals surface area contributed by atoms with Gasteiger partial charge in [0, 0.05) is 24.1 Å². The van der Waals surface area contributed by atoms with Gasteiger partial charge in [-0.1, -0.05) is 5.92 Å². The molecule has 8 heteroatoms. The third kappa shape index (κ3) is 3.72. The van der Waals surface area contributed by atoms with E-state index in [1.54, 1.807) is 16.5 Å². The number of likely N-dealkylation sites (tertiary alicyclic amines) is 1. The largest absolute Gasteiger partial charge is 0.491 e. The molecule has 2 heterocycles. The normalized spacial score (nSPS) is 17.0. The van der Waals surface area contributed by atoms with Crippen LogP contribution >= 0.6 is 0 Å². The van der Waals surface area contributed by atoms with Crippen LogP contribution in [-0.2, 0) is 4.79 Å². The highest BCUT2D eigenvalue weighted by Crippen LogP contribution is 2.54. The lowest BCUT2D eigenvalue weighted by molar-refractivity contribution is -0.148. The van der Waals surface area contributed by atoms with Gasteiger partial charge in [-0.25, -0.2) is 4.68 Å². The molecule has 31 heavy (non-hydrogen) atoms. The average molecular weight is 422 g/mol. The Morgan fingerprint density at radius 2 is 1.87 bits per heavy atom. The molecule has 2 aromatic rings. The van der Waals surface area contributed by atoms with E-state index in [-0.39, 0.29) is 34.8 Å². The molecule has 0 unspecified atom stereocenters. The summed E-state index contributed by atoms with van der Waals surface area (Å²) in [5.74, 6) is 5.52. The van der Waals surface area contributed by atoms with E-state index in [4.69, 9.17) is 16.2 Å². The van der Waals surface area contributed by atoms with E-state index < -0.39 is 5.91 Å². The minimum Gasteiger partial charge on any atom is -0.491 e. The number of primary amides is 1. The van der Waals surface area contributed by atoms with Gasteiger partial charge in [-0.15, -0.1) is 0 Å². The third-order valence-electron chi connectivity index (χ3n) is 5.95. The molecule has 1 saturated heterocycles. The molecule has 1 aromatic heterocycles. The summed E-state index contributed by atoms with van der Waals surface area (Å²) in [6, 6.07) is 7.45. The van der Waals surface area contributed by atoms with Crippen molar-refractivity contribution in [2.75, 3.05) is 18.8 Å². The summed E-state index contributed by atoms with van der Waals surface area (Å²) in [4.78, 5) is 25.8. The Balaban J connectivity index is 1.53. The fraction of sp³-hybridized carbons (Fsp3) is 0.435. The number of nitrogen functional groups attached to an aromatic ring is 1. The lowest BCUT2D eigenvalue weighted by Gasteiger charge is -2.58. The number of hydrogen-bond donors (Lipinski definition) is 2. The molecular weight excluding hydrogens is 394 g/mol. The Labute approximate surface area is 181 Å². The Morgan fingerprint density at radius 3 is 2.42 bits per heavy atom. The van der Waals surface area contributed by atoms with Gasteiger partial charge in [0.1, 0.15) is 22.8 Å². The standard InChI is InChI=1S/C23H27N5O3/c1-4-5-18(29)27-12-23(13-27)10-16(11-23)28-21(24)19(22(25)30)20(26-28)15-6-8-17(9-7-15)31-14(2)3/h6-9,14,16H,10-13,24H2,1-3H3,(H2,25,30). The van der Waals surface area contributed by atoms with Crippen molar-refractivity contribution in [2.24, 2.45) is 11.1 Å². The van der Waals surface area contributed by atoms with E-state index in [1.807, 2.05) is 38.1 Å². The summed E-state index contributed by atoms with van der Waals surface area (Å²) in [7, 11) is 0. The fourth-order valence-corrected chi connectivity index (χ4v) is 4.60. The first kappa shape index (κ1) is 20.8. The number of hydrogen-bond acceptors (Lipinski definition) is 5. The van der Waals surface area contributed by atoms with Crippen molar-refractivity contribution < 1.29 is 14.3 Å². The first-order valence-electron chi connectivity index (χ1n) is 10.4. The Hall–Kier alpha value is -3.47. The van der Waals surface area contributed by atoms with Crippen LogP contribution in [0.15, 0.2) is 24.3 Å². The summed E-state index contributed by atoms with van der Waals surface area (Å²) in [5.41, 5.74) is 13.5. The topological polar surface area (TPSA) is 116 Å². The van der Waals surface area contributed by atoms with E-state index in [2.05, 4.69) is 16.9 Å². The lowest BCUT2D eigenvalue weighted by atomic mass is 9.60. The van der Waals surface area contributed by atoms with Crippen molar-refractivity contribution in [1.29, 1.82) is 0 Å². The van der Waals surface area contributed by atoms with E-state index >= 15 is 0 Å². The molecule has 2 fully saturated rings. The third-order valence-corrected chi connectivity index (χ3v) is 5.95. The number of aromatic nitrogens is 2. The van der Waals surface area contributed by atoms with Crippen molar-refractivity contribution in [3.63, 3.8) is 0 Å². The van der Waals surface area contributed by atoms with Crippen molar-refractivity contribution >= 4 is 17.6 Å². The van der Waals surface area contributed by atoms with Crippen LogP contribution < -0.4 is 16.2 Å². The number of nitrogens with zero attached hydrogens (tertiary/aromatic N) is 3. The van der Waals surface area contributed by atoms with Crippen LogP contribution in [0.3, 0.4) is 0 Å². The van der Waals surface area contributed by atoms with Gasteiger partial charge in [0.05, 0.1) is 12.1 Å². The summed E-state index contributed by atoms with van der Waals surface area (Å²) < 4.78 is 7.40. The molecule has 4 rings (SSSR count). The van der Waals surface area contributed by atoms with Crippen LogP contribution in [0.25, 0.3) is 11.3 Å². The number of amides is 2. The molecule has 2 aliphatic rings. The van der Waals surface area contributed by atoms with Crippen LogP contribution in [0, 0.1) is 17.3 Å². The van der Waals surface area contributed by atoms with Gasteiger partial charge in [0.15, 0.2) is 0 Å². The number of ether oxygens (including phenoxy) is 1. The zero-order valence-corrected chi connectivity index (χ0v) is 18.0. The molecule has 4 N–H and O–H groups in total. The number of carbonyl (C=O) groups is 2.